The second-order valence-corrected chi connectivity index (χ2v) is 6.52. The van der Waals surface area contributed by atoms with Crippen LogP contribution in [0.25, 0.3) is 0 Å². The van der Waals surface area contributed by atoms with E-state index in [1.54, 1.807) is 0 Å². The van der Waals surface area contributed by atoms with E-state index >= 15 is 0 Å². The molecule has 0 aromatic heterocycles. The molecular formula is C15H22BrFN2. The van der Waals surface area contributed by atoms with Crippen LogP contribution in [0.5, 0.6) is 0 Å². The van der Waals surface area contributed by atoms with Crippen LogP contribution in [-0.2, 0) is 0 Å². The molecule has 0 saturated carbocycles. The molecule has 2 rings (SSSR count). The first-order valence-electron chi connectivity index (χ1n) is 6.95. The van der Waals surface area contributed by atoms with E-state index in [9.17, 15) is 4.39 Å². The lowest BCUT2D eigenvalue weighted by Gasteiger charge is -2.35. The summed E-state index contributed by atoms with van der Waals surface area (Å²) in [7, 11) is 0. The largest absolute Gasteiger partial charge is 0.329 e. The van der Waals surface area contributed by atoms with Crippen molar-refractivity contribution in [2.45, 2.75) is 38.8 Å². The lowest BCUT2D eigenvalue weighted by molar-refractivity contribution is 0.147. The van der Waals surface area contributed by atoms with Gasteiger partial charge in [-0.05, 0) is 37.4 Å². The number of hydrogen-bond acceptors (Lipinski definition) is 2. The van der Waals surface area contributed by atoms with Gasteiger partial charge in [0.05, 0.1) is 6.04 Å². The van der Waals surface area contributed by atoms with Crippen LogP contribution >= 0.6 is 15.9 Å². The highest BCUT2D eigenvalue weighted by molar-refractivity contribution is 9.10. The maximum Gasteiger partial charge on any atom is 0.129 e. The minimum absolute atomic E-state index is 0.0111. The molecular weight excluding hydrogens is 307 g/mol. The fourth-order valence-electron chi connectivity index (χ4n) is 3.13. The smallest absolute Gasteiger partial charge is 0.129 e. The van der Waals surface area contributed by atoms with Crippen molar-refractivity contribution in [2.24, 2.45) is 11.7 Å². The Morgan fingerprint density at radius 3 is 2.79 bits per heavy atom. The molecule has 0 amide bonds. The van der Waals surface area contributed by atoms with Crippen LogP contribution in [0.2, 0.25) is 0 Å². The van der Waals surface area contributed by atoms with E-state index in [-0.39, 0.29) is 11.9 Å². The predicted octanol–water partition coefficient (Wildman–Crippen LogP) is 3.71. The van der Waals surface area contributed by atoms with Gasteiger partial charge < -0.3 is 5.73 Å². The van der Waals surface area contributed by atoms with Crippen LogP contribution in [-0.4, -0.2) is 24.0 Å². The van der Waals surface area contributed by atoms with Crippen LogP contribution in [0, 0.1) is 11.7 Å². The molecule has 0 bridgehead atoms. The molecule has 1 fully saturated rings. The summed E-state index contributed by atoms with van der Waals surface area (Å²) >= 11 is 3.30. The summed E-state index contributed by atoms with van der Waals surface area (Å²) in [5, 5.41) is 0. The van der Waals surface area contributed by atoms with Gasteiger partial charge in [-0.15, -0.1) is 0 Å². The normalized spacial score (nSPS) is 22.1. The molecule has 0 aliphatic carbocycles. The van der Waals surface area contributed by atoms with E-state index < -0.39 is 0 Å². The van der Waals surface area contributed by atoms with E-state index in [1.165, 1.54) is 18.9 Å². The molecule has 2 N–H and O–H groups in total. The maximum atomic E-state index is 14.2. The number of benzene rings is 1. The van der Waals surface area contributed by atoms with Gasteiger partial charge in [-0.3, -0.25) is 4.90 Å². The molecule has 4 heteroatoms. The molecule has 1 aromatic carbocycles. The molecule has 19 heavy (non-hydrogen) atoms. The topological polar surface area (TPSA) is 29.3 Å². The molecule has 2 unspecified atom stereocenters. The molecule has 1 aliphatic rings. The minimum Gasteiger partial charge on any atom is -0.329 e. The van der Waals surface area contributed by atoms with Crippen LogP contribution in [0.15, 0.2) is 22.7 Å². The second kappa shape index (κ2) is 6.33. The second-order valence-electron chi connectivity index (χ2n) is 5.61. The molecule has 1 aliphatic heterocycles. The van der Waals surface area contributed by atoms with Gasteiger partial charge in [0.2, 0.25) is 0 Å². The molecule has 1 aromatic rings. The van der Waals surface area contributed by atoms with E-state index in [1.807, 2.05) is 12.1 Å². The van der Waals surface area contributed by atoms with E-state index in [0.717, 1.165) is 16.6 Å². The summed E-state index contributed by atoms with van der Waals surface area (Å²) in [6.07, 6.45) is 2.36. The summed E-state index contributed by atoms with van der Waals surface area (Å²) in [6, 6.07) is 5.77. The first kappa shape index (κ1) is 14.9. The number of rotatable bonds is 4. The number of likely N-dealkylation sites (tertiary alicyclic amines) is 1. The van der Waals surface area contributed by atoms with Gasteiger partial charge in [-0.1, -0.05) is 35.8 Å². The van der Waals surface area contributed by atoms with Crippen LogP contribution in [0.4, 0.5) is 4.39 Å². The minimum atomic E-state index is -0.167. The Bertz CT molecular complexity index is 436. The molecule has 1 saturated heterocycles. The quantitative estimate of drug-likeness (QED) is 0.912. The SMILES string of the molecule is CC(C)C1CCCN1C(CN)c1ccc(Br)cc1F. The van der Waals surface area contributed by atoms with Gasteiger partial charge in [-0.25, -0.2) is 4.39 Å². The molecule has 2 nitrogen and oxygen atoms in total. The van der Waals surface area contributed by atoms with Crippen molar-refractivity contribution in [1.82, 2.24) is 4.90 Å². The molecule has 0 radical (unpaired) electrons. The number of hydrogen-bond donors (Lipinski definition) is 1. The Kier molecular flexibility index (Phi) is 4.98. The van der Waals surface area contributed by atoms with Crippen molar-refractivity contribution in [1.29, 1.82) is 0 Å². The van der Waals surface area contributed by atoms with Crippen LogP contribution < -0.4 is 5.73 Å². The summed E-state index contributed by atoms with van der Waals surface area (Å²) < 4.78 is 14.9. The predicted molar refractivity (Wildman–Crippen MR) is 80.5 cm³/mol. The Hall–Kier alpha value is -0.450. The Morgan fingerprint density at radius 2 is 2.21 bits per heavy atom. The van der Waals surface area contributed by atoms with E-state index in [2.05, 4.69) is 34.7 Å². The highest BCUT2D eigenvalue weighted by atomic mass is 79.9. The number of halogens is 2. The van der Waals surface area contributed by atoms with Gasteiger partial charge in [0.25, 0.3) is 0 Å². The lowest BCUT2D eigenvalue weighted by Crippen LogP contribution is -2.40. The highest BCUT2D eigenvalue weighted by Crippen LogP contribution is 2.33. The fraction of sp³-hybridized carbons (Fsp3) is 0.600. The van der Waals surface area contributed by atoms with E-state index in [4.69, 9.17) is 5.73 Å². The Labute approximate surface area is 123 Å². The third kappa shape index (κ3) is 3.18. The van der Waals surface area contributed by atoms with Gasteiger partial charge >= 0.3 is 0 Å². The van der Waals surface area contributed by atoms with Crippen molar-refractivity contribution in [3.05, 3.63) is 34.1 Å². The van der Waals surface area contributed by atoms with Crippen molar-refractivity contribution in [3.63, 3.8) is 0 Å². The molecule has 1 heterocycles. The zero-order valence-corrected chi connectivity index (χ0v) is 13.2. The van der Waals surface area contributed by atoms with Crippen molar-refractivity contribution < 1.29 is 4.39 Å². The van der Waals surface area contributed by atoms with Crippen molar-refractivity contribution >= 4 is 15.9 Å². The third-order valence-corrected chi connectivity index (χ3v) is 4.55. The zero-order valence-electron chi connectivity index (χ0n) is 11.6. The van der Waals surface area contributed by atoms with Gasteiger partial charge in [0.15, 0.2) is 0 Å². The lowest BCUT2D eigenvalue weighted by atomic mass is 9.98. The average Bonchev–Trinajstić information content (AvgIpc) is 2.82. The van der Waals surface area contributed by atoms with Gasteiger partial charge in [0.1, 0.15) is 5.82 Å². The monoisotopic (exact) mass is 328 g/mol. The number of nitrogens with two attached hydrogens (primary N) is 1. The van der Waals surface area contributed by atoms with Crippen LogP contribution in [0.1, 0.15) is 38.3 Å². The highest BCUT2D eigenvalue weighted by Gasteiger charge is 2.33. The average molecular weight is 329 g/mol. The first-order valence-corrected chi connectivity index (χ1v) is 7.74. The Balaban J connectivity index is 2.28. The van der Waals surface area contributed by atoms with Crippen molar-refractivity contribution in [3.8, 4) is 0 Å². The first-order chi connectivity index (χ1) is 9.04. The zero-order chi connectivity index (χ0) is 14.0. The van der Waals surface area contributed by atoms with Gasteiger partial charge in [0, 0.05) is 22.6 Å². The molecule has 0 spiro atoms. The van der Waals surface area contributed by atoms with Crippen LogP contribution in [0.3, 0.4) is 0 Å². The summed E-state index contributed by atoms with van der Waals surface area (Å²) in [5.41, 5.74) is 6.65. The van der Waals surface area contributed by atoms with Gasteiger partial charge in [-0.2, -0.15) is 0 Å². The van der Waals surface area contributed by atoms with E-state index in [0.29, 0.717) is 18.5 Å². The summed E-state index contributed by atoms with van der Waals surface area (Å²) in [4.78, 5) is 2.39. The third-order valence-electron chi connectivity index (χ3n) is 4.06. The number of nitrogens with zero attached hydrogens (tertiary/aromatic N) is 1. The van der Waals surface area contributed by atoms with Crippen molar-refractivity contribution in [2.75, 3.05) is 13.1 Å². The fourth-order valence-corrected chi connectivity index (χ4v) is 3.46. The summed E-state index contributed by atoms with van der Waals surface area (Å²) in [6.45, 7) is 5.94. The standard InChI is InChI=1S/C15H22BrFN2/c1-10(2)14-4-3-7-19(14)15(9-18)12-6-5-11(16)8-13(12)17/h5-6,8,10,14-15H,3-4,7,9,18H2,1-2H3. The Morgan fingerprint density at radius 1 is 1.47 bits per heavy atom. The summed E-state index contributed by atoms with van der Waals surface area (Å²) in [5.74, 6) is 0.411. The molecule has 2 atom stereocenters. The maximum absolute atomic E-state index is 14.2. The molecule has 106 valence electrons.